The molecule has 0 spiro atoms. The quantitative estimate of drug-likeness (QED) is 0.453. The Hall–Kier alpha value is -2.99. The number of nitrogens with zero attached hydrogens (tertiary/aromatic N) is 4. The van der Waals surface area contributed by atoms with Crippen LogP contribution < -0.4 is 16.0 Å². The maximum absolute atomic E-state index is 13.5. The van der Waals surface area contributed by atoms with Gasteiger partial charge in [0.1, 0.15) is 6.61 Å². The molecule has 0 saturated carbocycles. The van der Waals surface area contributed by atoms with Crippen molar-refractivity contribution in [3.63, 3.8) is 0 Å². The Labute approximate surface area is 118 Å². The number of hydrogen-bond acceptors (Lipinski definition) is 6. The molecule has 0 saturated heterocycles. The first kappa shape index (κ1) is 14.4. The summed E-state index contributed by atoms with van der Waals surface area (Å²) in [5, 5.41) is 15.9. The fourth-order valence-electron chi connectivity index (χ4n) is 1.52. The summed E-state index contributed by atoms with van der Waals surface area (Å²) in [6.07, 6.45) is 1.39. The van der Waals surface area contributed by atoms with Crippen molar-refractivity contribution in [3.8, 4) is 11.8 Å². The van der Waals surface area contributed by atoms with Crippen molar-refractivity contribution in [2.45, 2.75) is 6.54 Å². The summed E-state index contributed by atoms with van der Waals surface area (Å²) in [5.74, 6) is 3.83. The maximum atomic E-state index is 13.5. The summed E-state index contributed by atoms with van der Waals surface area (Å²) >= 11 is 0. The molecule has 0 aliphatic heterocycles. The molecule has 8 nitrogen and oxygen atoms in total. The van der Waals surface area contributed by atoms with E-state index in [1.165, 1.54) is 23.0 Å². The van der Waals surface area contributed by atoms with Crippen LogP contribution in [0, 0.1) is 17.1 Å². The highest BCUT2D eigenvalue weighted by atomic mass is 19.1. The molecule has 0 atom stereocenters. The third-order valence-electron chi connectivity index (χ3n) is 2.54. The second-order valence-corrected chi connectivity index (χ2v) is 3.95. The van der Waals surface area contributed by atoms with E-state index in [2.05, 4.69) is 10.3 Å². The lowest BCUT2D eigenvalue weighted by molar-refractivity contribution is 0.0948. The van der Waals surface area contributed by atoms with Gasteiger partial charge in [0.15, 0.2) is 17.3 Å². The number of aromatic nitrogens is 3. The van der Waals surface area contributed by atoms with Crippen molar-refractivity contribution in [1.29, 1.82) is 5.26 Å². The summed E-state index contributed by atoms with van der Waals surface area (Å²) in [6, 6.07) is 5.75. The summed E-state index contributed by atoms with van der Waals surface area (Å²) in [5.41, 5.74) is 2.22. The Morgan fingerprint density at radius 3 is 3.05 bits per heavy atom. The third kappa shape index (κ3) is 3.52. The number of amides is 1. The monoisotopic (exact) mass is 290 g/mol. The fraction of sp³-hybridized carbons (Fsp3) is 0.167. The van der Waals surface area contributed by atoms with E-state index in [1.54, 1.807) is 0 Å². The lowest BCUT2D eigenvalue weighted by Crippen LogP contribution is -2.30. The van der Waals surface area contributed by atoms with Gasteiger partial charge in [-0.05, 0) is 18.2 Å². The van der Waals surface area contributed by atoms with Crippen LogP contribution in [0.25, 0.3) is 0 Å². The lowest BCUT2D eigenvalue weighted by Gasteiger charge is -2.06. The second kappa shape index (κ2) is 6.44. The van der Waals surface area contributed by atoms with Gasteiger partial charge < -0.3 is 4.74 Å². The molecule has 3 N–H and O–H groups in total. The number of nitriles is 1. The van der Waals surface area contributed by atoms with Gasteiger partial charge in [-0.2, -0.15) is 5.26 Å². The Morgan fingerprint density at radius 2 is 2.38 bits per heavy atom. The molecule has 108 valence electrons. The first-order chi connectivity index (χ1) is 10.1. The van der Waals surface area contributed by atoms with E-state index in [0.717, 1.165) is 6.07 Å². The molecule has 21 heavy (non-hydrogen) atoms. The molecular weight excluding hydrogens is 279 g/mol. The predicted molar refractivity (Wildman–Crippen MR) is 68.3 cm³/mol. The lowest BCUT2D eigenvalue weighted by atomic mass is 10.2. The molecule has 2 rings (SSSR count). The second-order valence-electron chi connectivity index (χ2n) is 3.95. The molecular formula is C12H11FN6O2. The third-order valence-corrected chi connectivity index (χ3v) is 2.54. The zero-order valence-electron chi connectivity index (χ0n) is 10.8. The molecule has 0 aliphatic carbocycles. The topological polar surface area (TPSA) is 119 Å². The number of carbonyl (C=O) groups is 1. The summed E-state index contributed by atoms with van der Waals surface area (Å²) < 4.78 is 20.1. The van der Waals surface area contributed by atoms with Crippen LogP contribution in [-0.4, -0.2) is 27.5 Å². The number of hydrazine groups is 1. The van der Waals surface area contributed by atoms with Gasteiger partial charge in [0.05, 0.1) is 24.4 Å². The van der Waals surface area contributed by atoms with Crippen LogP contribution in [0.4, 0.5) is 4.39 Å². The van der Waals surface area contributed by atoms with Crippen LogP contribution in [0.2, 0.25) is 0 Å². The number of hydrogen-bond donors (Lipinski definition) is 2. The van der Waals surface area contributed by atoms with E-state index in [0.29, 0.717) is 0 Å². The molecule has 0 radical (unpaired) electrons. The van der Waals surface area contributed by atoms with Crippen LogP contribution >= 0.6 is 0 Å². The van der Waals surface area contributed by atoms with Crippen molar-refractivity contribution in [2.75, 3.05) is 6.61 Å². The minimum absolute atomic E-state index is 0.0361. The van der Waals surface area contributed by atoms with Gasteiger partial charge in [0.25, 0.3) is 5.91 Å². The van der Waals surface area contributed by atoms with E-state index in [9.17, 15) is 9.18 Å². The highest BCUT2D eigenvalue weighted by Crippen LogP contribution is 2.17. The van der Waals surface area contributed by atoms with Gasteiger partial charge in [-0.25, -0.2) is 14.9 Å². The van der Waals surface area contributed by atoms with Crippen LogP contribution in [0.15, 0.2) is 24.4 Å². The van der Waals surface area contributed by atoms with Gasteiger partial charge in [-0.1, -0.05) is 5.21 Å². The number of nitrogens with one attached hydrogen (secondary N) is 1. The zero-order valence-corrected chi connectivity index (χ0v) is 10.8. The highest BCUT2D eigenvalue weighted by molar-refractivity contribution is 5.91. The SMILES string of the molecule is N#Cc1ccc(OCCn2cc(C(=O)NN)nn2)c(F)c1. The van der Waals surface area contributed by atoms with E-state index in [1.807, 2.05) is 11.5 Å². The van der Waals surface area contributed by atoms with Crippen LogP contribution in [0.5, 0.6) is 5.75 Å². The summed E-state index contributed by atoms with van der Waals surface area (Å²) in [7, 11) is 0. The molecule has 0 aliphatic rings. The van der Waals surface area contributed by atoms with Gasteiger partial charge >= 0.3 is 0 Å². The van der Waals surface area contributed by atoms with Crippen molar-refractivity contribution >= 4 is 5.91 Å². The molecule has 1 aromatic carbocycles. The van der Waals surface area contributed by atoms with Crippen molar-refractivity contribution in [1.82, 2.24) is 20.4 Å². The van der Waals surface area contributed by atoms with Gasteiger partial charge in [0.2, 0.25) is 0 Å². The molecule has 1 heterocycles. The zero-order chi connectivity index (χ0) is 15.2. The Morgan fingerprint density at radius 1 is 1.57 bits per heavy atom. The average Bonchev–Trinajstić information content (AvgIpc) is 2.97. The fourth-order valence-corrected chi connectivity index (χ4v) is 1.52. The maximum Gasteiger partial charge on any atom is 0.287 e. The van der Waals surface area contributed by atoms with Crippen LogP contribution in [-0.2, 0) is 6.54 Å². The minimum atomic E-state index is -0.615. The standard InChI is InChI=1S/C12H11FN6O2/c13-9-5-8(6-14)1-2-11(9)21-4-3-19-7-10(17-18-19)12(20)16-15/h1-2,5,7H,3-4,15H2,(H,16,20). The Bertz CT molecular complexity index is 693. The number of halogens is 1. The molecule has 0 unspecified atom stereocenters. The number of nitrogen functional groups attached to an aromatic ring is 1. The number of benzene rings is 1. The molecule has 0 bridgehead atoms. The van der Waals surface area contributed by atoms with Crippen molar-refractivity contribution in [3.05, 3.63) is 41.5 Å². The molecule has 1 aromatic heterocycles. The largest absolute Gasteiger partial charge is 0.489 e. The normalized spacial score (nSPS) is 9.95. The van der Waals surface area contributed by atoms with Gasteiger partial charge in [-0.15, -0.1) is 5.10 Å². The summed E-state index contributed by atoms with van der Waals surface area (Å²) in [6.45, 7) is 0.389. The predicted octanol–water partition coefficient (Wildman–Crippen LogP) is -0.0286. The smallest absolute Gasteiger partial charge is 0.287 e. The molecule has 9 heteroatoms. The van der Waals surface area contributed by atoms with E-state index in [-0.39, 0.29) is 30.2 Å². The molecule has 1 amide bonds. The molecule has 0 fully saturated rings. The number of ether oxygens (including phenoxy) is 1. The summed E-state index contributed by atoms with van der Waals surface area (Å²) in [4.78, 5) is 11.2. The Kier molecular flexibility index (Phi) is 4.43. The number of carbonyl (C=O) groups excluding carboxylic acids is 1. The van der Waals surface area contributed by atoms with E-state index >= 15 is 0 Å². The van der Waals surface area contributed by atoms with Crippen LogP contribution in [0.3, 0.4) is 0 Å². The van der Waals surface area contributed by atoms with Gasteiger partial charge in [0, 0.05) is 0 Å². The minimum Gasteiger partial charge on any atom is -0.489 e. The van der Waals surface area contributed by atoms with Crippen molar-refractivity contribution in [2.24, 2.45) is 5.84 Å². The molecule has 2 aromatic rings. The van der Waals surface area contributed by atoms with Crippen molar-refractivity contribution < 1.29 is 13.9 Å². The average molecular weight is 290 g/mol. The van der Waals surface area contributed by atoms with E-state index in [4.69, 9.17) is 15.8 Å². The van der Waals surface area contributed by atoms with Crippen LogP contribution in [0.1, 0.15) is 16.1 Å². The Balaban J connectivity index is 1.91. The first-order valence-corrected chi connectivity index (χ1v) is 5.87. The number of nitrogens with two attached hydrogens (primary N) is 1. The number of rotatable bonds is 5. The van der Waals surface area contributed by atoms with Gasteiger partial charge in [-0.3, -0.25) is 10.2 Å². The first-order valence-electron chi connectivity index (χ1n) is 5.87. The highest BCUT2D eigenvalue weighted by Gasteiger charge is 2.09. The van der Waals surface area contributed by atoms with E-state index < -0.39 is 11.7 Å².